The number of aryl methyl sites for hydroxylation is 3. The van der Waals surface area contributed by atoms with Crippen molar-refractivity contribution < 1.29 is 4.79 Å². The summed E-state index contributed by atoms with van der Waals surface area (Å²) in [7, 11) is 0. The number of hydrogen-bond donors (Lipinski definition) is 1. The van der Waals surface area contributed by atoms with Gasteiger partial charge in [0.1, 0.15) is 0 Å². The summed E-state index contributed by atoms with van der Waals surface area (Å²) in [6.07, 6.45) is 1.77. The second-order valence-electron chi connectivity index (χ2n) is 8.56. The summed E-state index contributed by atoms with van der Waals surface area (Å²) >= 11 is 2.92. The molecule has 2 aromatic carbocycles. The first kappa shape index (κ1) is 23.4. The van der Waals surface area contributed by atoms with Crippen LogP contribution in [0.4, 0.5) is 0 Å². The Morgan fingerprint density at radius 1 is 1.03 bits per heavy atom. The van der Waals surface area contributed by atoms with Gasteiger partial charge in [-0.25, -0.2) is 0 Å². The molecule has 3 heterocycles. The molecule has 1 amide bonds. The maximum absolute atomic E-state index is 12.9. The van der Waals surface area contributed by atoms with Crippen LogP contribution < -0.4 is 0 Å². The summed E-state index contributed by atoms with van der Waals surface area (Å²) in [5, 5.41) is 15.2. The third kappa shape index (κ3) is 4.39. The fourth-order valence-electron chi connectivity index (χ4n) is 4.34. The first-order valence-electron chi connectivity index (χ1n) is 11.3. The smallest absolute Gasteiger partial charge is 0.283 e. The molecule has 1 N–H and O–H groups in total. The van der Waals surface area contributed by atoms with Crippen LogP contribution in [0.15, 0.2) is 70.3 Å². The highest BCUT2D eigenvalue weighted by molar-refractivity contribution is 8.45. The second kappa shape index (κ2) is 9.36. The number of carbonyl (C=O) groups is 1. The van der Waals surface area contributed by atoms with Gasteiger partial charge in [-0.15, -0.1) is 5.10 Å². The van der Waals surface area contributed by atoms with Gasteiger partial charge in [-0.1, -0.05) is 60.3 Å². The zero-order valence-corrected chi connectivity index (χ0v) is 21.6. The Balaban J connectivity index is 1.44. The lowest BCUT2D eigenvalue weighted by Gasteiger charge is -2.20. The van der Waals surface area contributed by atoms with E-state index in [1.807, 2.05) is 25.1 Å². The number of nitrogens with one attached hydrogen (secondary N) is 1. The van der Waals surface area contributed by atoms with Crippen LogP contribution in [0.25, 0.3) is 11.8 Å². The normalized spacial score (nSPS) is 16.6. The van der Waals surface area contributed by atoms with Gasteiger partial charge in [0.25, 0.3) is 5.91 Å². The number of nitrogens with zero attached hydrogens (tertiary/aromatic N) is 4. The lowest BCUT2D eigenvalue weighted by atomic mass is 10.1. The van der Waals surface area contributed by atoms with E-state index in [1.165, 1.54) is 33.5 Å². The Hall–Kier alpha value is -3.36. The molecular weight excluding hydrogens is 474 g/mol. The van der Waals surface area contributed by atoms with Gasteiger partial charge in [-0.3, -0.25) is 10.2 Å². The van der Waals surface area contributed by atoms with Crippen LogP contribution in [0.1, 0.15) is 33.6 Å². The van der Waals surface area contributed by atoms with Gasteiger partial charge in [0.15, 0.2) is 10.2 Å². The van der Waals surface area contributed by atoms with Crippen molar-refractivity contribution in [3.63, 3.8) is 0 Å². The number of aliphatic imine (C=N–C) groups is 1. The van der Waals surface area contributed by atoms with Crippen molar-refractivity contribution in [3.05, 3.63) is 93.8 Å². The highest BCUT2D eigenvalue weighted by Crippen LogP contribution is 2.34. The quantitative estimate of drug-likeness (QED) is 0.433. The van der Waals surface area contributed by atoms with E-state index in [0.29, 0.717) is 5.17 Å². The molecule has 0 radical (unpaired) electrons. The number of fused-ring (bicyclic) bond motifs is 1. The predicted molar refractivity (Wildman–Crippen MR) is 147 cm³/mol. The summed E-state index contributed by atoms with van der Waals surface area (Å²) < 4.78 is 2.99. The van der Waals surface area contributed by atoms with Crippen LogP contribution in [0, 0.1) is 33.1 Å². The number of rotatable bonds is 4. The van der Waals surface area contributed by atoms with E-state index in [2.05, 4.69) is 71.8 Å². The molecule has 0 spiro atoms. The maximum atomic E-state index is 12.9. The monoisotopic (exact) mass is 499 g/mol. The van der Waals surface area contributed by atoms with Crippen molar-refractivity contribution in [2.24, 2.45) is 10.1 Å². The summed E-state index contributed by atoms with van der Waals surface area (Å²) in [5.74, 6) is 0.414. The van der Waals surface area contributed by atoms with Gasteiger partial charge in [-0.2, -0.15) is 10.0 Å². The van der Waals surface area contributed by atoms with E-state index >= 15 is 0 Å². The Labute approximate surface area is 213 Å². The molecule has 176 valence electrons. The van der Waals surface area contributed by atoms with Gasteiger partial charge in [0.05, 0.1) is 11.3 Å². The number of benzene rings is 2. The standard InChI is InChI=1S/C27H25N5OS2/c1-16-9-8-10-17(2)23(16)31-18(3)13-21(19(31)4)14-22-24(28)32-26(29-25(22)33)35-27(30-32)34-15-20-11-6-5-7-12-20/h5-14,28H,15H2,1-4H3. The third-order valence-electron chi connectivity index (χ3n) is 6.07. The van der Waals surface area contributed by atoms with E-state index in [4.69, 9.17) is 5.41 Å². The molecule has 5 rings (SSSR count). The Morgan fingerprint density at radius 3 is 2.46 bits per heavy atom. The lowest BCUT2D eigenvalue weighted by molar-refractivity contribution is -0.114. The van der Waals surface area contributed by atoms with Gasteiger partial charge in [0.2, 0.25) is 5.17 Å². The number of para-hydroxylation sites is 1. The minimum absolute atomic E-state index is 0.0553. The number of amides is 1. The third-order valence-corrected chi connectivity index (χ3v) is 8.19. The number of thioether (sulfide) groups is 2. The molecule has 8 heteroatoms. The maximum Gasteiger partial charge on any atom is 0.283 e. The van der Waals surface area contributed by atoms with Gasteiger partial charge in [0, 0.05) is 17.1 Å². The number of aromatic nitrogens is 1. The van der Waals surface area contributed by atoms with Crippen LogP contribution >= 0.6 is 23.5 Å². The Morgan fingerprint density at radius 2 is 1.74 bits per heavy atom. The molecule has 0 saturated carbocycles. The highest BCUT2D eigenvalue weighted by atomic mass is 32.2. The zero-order valence-electron chi connectivity index (χ0n) is 20.0. The van der Waals surface area contributed by atoms with Crippen molar-refractivity contribution in [1.29, 1.82) is 5.41 Å². The summed E-state index contributed by atoms with van der Waals surface area (Å²) in [4.78, 5) is 17.2. The van der Waals surface area contributed by atoms with Crippen molar-refractivity contribution in [1.82, 2.24) is 9.58 Å². The van der Waals surface area contributed by atoms with Crippen molar-refractivity contribution >= 4 is 50.9 Å². The molecule has 0 bridgehead atoms. The molecule has 6 nitrogen and oxygen atoms in total. The average molecular weight is 500 g/mol. The van der Waals surface area contributed by atoms with Crippen LogP contribution in [0.3, 0.4) is 0 Å². The summed E-state index contributed by atoms with van der Waals surface area (Å²) in [6, 6.07) is 18.5. The van der Waals surface area contributed by atoms with Gasteiger partial charge >= 0.3 is 0 Å². The molecule has 3 aromatic rings. The number of carbonyl (C=O) groups excluding carboxylic acids is 1. The molecule has 0 fully saturated rings. The molecule has 2 aliphatic rings. The largest absolute Gasteiger partial charge is 0.317 e. The molecule has 0 unspecified atom stereocenters. The van der Waals surface area contributed by atoms with E-state index in [1.54, 1.807) is 17.8 Å². The van der Waals surface area contributed by atoms with E-state index in [9.17, 15) is 4.79 Å². The summed E-state index contributed by atoms with van der Waals surface area (Å²) in [6.45, 7) is 8.31. The molecule has 0 aliphatic carbocycles. The Kier molecular flexibility index (Phi) is 6.25. The fourth-order valence-corrected chi connectivity index (χ4v) is 6.23. The second-order valence-corrected chi connectivity index (χ2v) is 10.7. The van der Waals surface area contributed by atoms with Gasteiger partial charge in [-0.05, 0) is 73.9 Å². The van der Waals surface area contributed by atoms with E-state index < -0.39 is 5.91 Å². The average Bonchev–Trinajstić information content (AvgIpc) is 3.36. The lowest BCUT2D eigenvalue weighted by Crippen LogP contribution is -2.35. The minimum Gasteiger partial charge on any atom is -0.317 e. The summed E-state index contributed by atoms with van der Waals surface area (Å²) in [5.41, 5.74) is 7.94. The van der Waals surface area contributed by atoms with Crippen LogP contribution in [-0.2, 0) is 10.5 Å². The zero-order chi connectivity index (χ0) is 24.7. The molecule has 0 atom stereocenters. The van der Waals surface area contributed by atoms with Crippen LogP contribution in [0.2, 0.25) is 0 Å². The fraction of sp³-hybridized carbons (Fsp3) is 0.185. The first-order chi connectivity index (χ1) is 16.8. The highest BCUT2D eigenvalue weighted by Gasteiger charge is 2.36. The number of hydrogen-bond acceptors (Lipinski definition) is 5. The molecule has 35 heavy (non-hydrogen) atoms. The van der Waals surface area contributed by atoms with Crippen LogP contribution in [-0.4, -0.2) is 30.9 Å². The van der Waals surface area contributed by atoms with Crippen molar-refractivity contribution in [3.8, 4) is 5.69 Å². The van der Waals surface area contributed by atoms with Crippen molar-refractivity contribution in [2.75, 3.05) is 0 Å². The van der Waals surface area contributed by atoms with Crippen LogP contribution in [0.5, 0.6) is 0 Å². The minimum atomic E-state index is -0.407. The molecule has 0 saturated heterocycles. The van der Waals surface area contributed by atoms with Gasteiger partial charge < -0.3 is 4.57 Å². The molecule has 1 aromatic heterocycles. The Bertz CT molecular complexity index is 1430. The molecular formula is C27H25N5OS2. The van der Waals surface area contributed by atoms with E-state index in [-0.39, 0.29) is 11.4 Å². The topological polar surface area (TPSA) is 73.8 Å². The molecule has 2 aliphatic heterocycles. The number of amidine groups is 2. The first-order valence-corrected chi connectivity index (χ1v) is 13.1. The van der Waals surface area contributed by atoms with Crippen molar-refractivity contribution in [2.45, 2.75) is 33.4 Å². The predicted octanol–water partition coefficient (Wildman–Crippen LogP) is 6.22. The SMILES string of the molecule is Cc1cccc(C)c1-n1c(C)cc(C=C2C(=N)N3N=C(SCc4ccccc4)SC3=NC2=O)c1C. The van der Waals surface area contributed by atoms with E-state index in [0.717, 1.165) is 32.8 Å². The number of hydrazone groups is 1.